The molecule has 1 aromatic rings. The van der Waals surface area contributed by atoms with Crippen molar-refractivity contribution in [3.8, 4) is 0 Å². The number of nitrogens with one attached hydrogen (secondary N) is 1. The molecular weight excluding hydrogens is 342 g/mol. The molecule has 2 saturated heterocycles. The highest BCUT2D eigenvalue weighted by molar-refractivity contribution is 6.32. The van der Waals surface area contributed by atoms with Crippen LogP contribution in [0.15, 0.2) is 24.3 Å². The van der Waals surface area contributed by atoms with Crippen molar-refractivity contribution in [2.24, 2.45) is 0 Å². The van der Waals surface area contributed by atoms with Gasteiger partial charge in [-0.25, -0.2) is 4.79 Å². The molecule has 3 rings (SSSR count). The van der Waals surface area contributed by atoms with Crippen molar-refractivity contribution in [2.45, 2.75) is 38.1 Å². The topological polar surface area (TPSA) is 69.7 Å². The summed E-state index contributed by atoms with van der Waals surface area (Å²) in [5.41, 5.74) is -0.728. The summed E-state index contributed by atoms with van der Waals surface area (Å²) in [6, 6.07) is 6.34. The molecule has 2 fully saturated rings. The van der Waals surface area contributed by atoms with E-state index in [0.717, 1.165) is 30.6 Å². The zero-order chi connectivity index (χ0) is 18.0. The SMILES string of the molecule is C[C@]1(c2ccccc2Cl)NC(=O)N(CC(=O)N2CCCCCC2)C1=O. The van der Waals surface area contributed by atoms with E-state index in [1.165, 1.54) is 0 Å². The Hall–Kier alpha value is -2.08. The number of likely N-dealkylation sites (tertiary alicyclic amines) is 1. The van der Waals surface area contributed by atoms with E-state index in [-0.39, 0.29) is 12.5 Å². The van der Waals surface area contributed by atoms with Crippen LogP contribution in [0.4, 0.5) is 4.79 Å². The van der Waals surface area contributed by atoms with Gasteiger partial charge in [0.25, 0.3) is 5.91 Å². The third-order valence-electron chi connectivity index (χ3n) is 4.94. The molecule has 1 N–H and O–H groups in total. The lowest BCUT2D eigenvalue weighted by Crippen LogP contribution is -2.44. The molecule has 0 spiro atoms. The van der Waals surface area contributed by atoms with Gasteiger partial charge in [0.1, 0.15) is 12.1 Å². The van der Waals surface area contributed by atoms with Crippen molar-refractivity contribution in [2.75, 3.05) is 19.6 Å². The van der Waals surface area contributed by atoms with Gasteiger partial charge >= 0.3 is 6.03 Å². The lowest BCUT2D eigenvalue weighted by molar-refractivity contribution is -0.138. The number of urea groups is 1. The lowest BCUT2D eigenvalue weighted by Gasteiger charge is -2.25. The summed E-state index contributed by atoms with van der Waals surface area (Å²) in [7, 11) is 0. The van der Waals surface area contributed by atoms with E-state index < -0.39 is 17.5 Å². The van der Waals surface area contributed by atoms with Crippen LogP contribution in [-0.4, -0.2) is 47.3 Å². The van der Waals surface area contributed by atoms with Gasteiger partial charge in [0.05, 0.1) is 0 Å². The summed E-state index contributed by atoms with van der Waals surface area (Å²) in [6.45, 7) is 2.75. The number of nitrogens with zero attached hydrogens (tertiary/aromatic N) is 2. The number of hydrogen-bond donors (Lipinski definition) is 1. The molecule has 0 unspecified atom stereocenters. The van der Waals surface area contributed by atoms with E-state index >= 15 is 0 Å². The highest BCUT2D eigenvalue weighted by Crippen LogP contribution is 2.33. The molecule has 4 amide bonds. The molecule has 2 heterocycles. The van der Waals surface area contributed by atoms with Gasteiger partial charge < -0.3 is 10.2 Å². The maximum Gasteiger partial charge on any atom is 0.325 e. The molecule has 7 heteroatoms. The average Bonchev–Trinajstić information content (AvgIpc) is 2.81. The standard InChI is InChI=1S/C18H22ClN3O3/c1-18(13-8-4-5-9-14(13)19)16(24)22(17(25)20-18)12-15(23)21-10-6-2-3-7-11-21/h4-5,8-9H,2-3,6-7,10-12H2,1H3,(H,20,25)/t18-/m1/s1. The Balaban J connectivity index is 1.77. The van der Waals surface area contributed by atoms with Gasteiger partial charge in [0.2, 0.25) is 5.91 Å². The first kappa shape index (κ1) is 17.7. The highest BCUT2D eigenvalue weighted by atomic mass is 35.5. The quantitative estimate of drug-likeness (QED) is 0.839. The second kappa shape index (κ2) is 7.04. The molecule has 6 nitrogen and oxygen atoms in total. The van der Waals surface area contributed by atoms with Crippen molar-refractivity contribution < 1.29 is 14.4 Å². The van der Waals surface area contributed by atoms with Crippen LogP contribution in [0.3, 0.4) is 0 Å². The molecule has 134 valence electrons. The molecule has 1 atom stereocenters. The van der Waals surface area contributed by atoms with E-state index in [4.69, 9.17) is 11.6 Å². The Morgan fingerprint density at radius 1 is 1.16 bits per heavy atom. The monoisotopic (exact) mass is 363 g/mol. The van der Waals surface area contributed by atoms with Gasteiger partial charge in [0.15, 0.2) is 0 Å². The van der Waals surface area contributed by atoms with E-state index in [0.29, 0.717) is 23.7 Å². The van der Waals surface area contributed by atoms with Crippen molar-refractivity contribution in [1.29, 1.82) is 0 Å². The van der Waals surface area contributed by atoms with Gasteiger partial charge in [-0.05, 0) is 25.8 Å². The van der Waals surface area contributed by atoms with Crippen LogP contribution in [0.1, 0.15) is 38.2 Å². The van der Waals surface area contributed by atoms with E-state index in [2.05, 4.69) is 5.32 Å². The molecule has 2 aliphatic rings. The molecule has 0 aliphatic carbocycles. The number of rotatable bonds is 3. The number of amides is 4. The van der Waals surface area contributed by atoms with E-state index in [1.807, 2.05) is 0 Å². The van der Waals surface area contributed by atoms with Crippen LogP contribution in [0.25, 0.3) is 0 Å². The van der Waals surface area contributed by atoms with Crippen LogP contribution >= 0.6 is 11.6 Å². The highest BCUT2D eigenvalue weighted by Gasteiger charge is 2.50. The molecule has 0 bridgehead atoms. The molecule has 0 radical (unpaired) electrons. The molecule has 2 aliphatic heterocycles. The van der Waals surface area contributed by atoms with E-state index in [1.54, 1.807) is 36.1 Å². The average molecular weight is 364 g/mol. The van der Waals surface area contributed by atoms with Crippen LogP contribution in [-0.2, 0) is 15.1 Å². The fourth-order valence-corrected chi connectivity index (χ4v) is 3.77. The van der Waals surface area contributed by atoms with Gasteiger partial charge in [-0.2, -0.15) is 0 Å². The zero-order valence-electron chi connectivity index (χ0n) is 14.3. The number of halogens is 1. The Labute approximate surface area is 152 Å². The third-order valence-corrected chi connectivity index (χ3v) is 5.27. The molecule has 0 saturated carbocycles. The smallest absolute Gasteiger partial charge is 0.325 e. The summed E-state index contributed by atoms with van der Waals surface area (Å²) in [5.74, 6) is -0.636. The van der Waals surface area contributed by atoms with Crippen LogP contribution in [0, 0.1) is 0 Å². The molecule has 0 aromatic heterocycles. The summed E-state index contributed by atoms with van der Waals surface area (Å²) < 4.78 is 0. The van der Waals surface area contributed by atoms with Crippen LogP contribution in [0.2, 0.25) is 5.02 Å². The van der Waals surface area contributed by atoms with Crippen LogP contribution in [0.5, 0.6) is 0 Å². The number of carbonyl (C=O) groups is 3. The second-order valence-electron chi connectivity index (χ2n) is 6.72. The summed E-state index contributed by atoms with van der Waals surface area (Å²) in [6.07, 6.45) is 4.14. The lowest BCUT2D eigenvalue weighted by atomic mass is 9.92. The Morgan fingerprint density at radius 2 is 1.80 bits per heavy atom. The van der Waals surface area contributed by atoms with Crippen LogP contribution < -0.4 is 5.32 Å². The normalized spacial score (nSPS) is 24.2. The van der Waals surface area contributed by atoms with Gasteiger partial charge in [-0.1, -0.05) is 42.6 Å². The van der Waals surface area contributed by atoms with Gasteiger partial charge in [-0.15, -0.1) is 0 Å². The van der Waals surface area contributed by atoms with Gasteiger partial charge in [0, 0.05) is 23.7 Å². The first-order valence-electron chi connectivity index (χ1n) is 8.60. The summed E-state index contributed by atoms with van der Waals surface area (Å²) in [4.78, 5) is 40.5. The molecule has 1 aromatic carbocycles. The van der Waals surface area contributed by atoms with Gasteiger partial charge in [-0.3, -0.25) is 14.5 Å². The Morgan fingerprint density at radius 3 is 2.44 bits per heavy atom. The molecule has 25 heavy (non-hydrogen) atoms. The Kier molecular flexibility index (Phi) is 4.99. The summed E-state index contributed by atoms with van der Waals surface area (Å²) in [5, 5.41) is 3.09. The minimum atomic E-state index is -1.26. The van der Waals surface area contributed by atoms with E-state index in [9.17, 15) is 14.4 Å². The van der Waals surface area contributed by atoms with Crippen molar-refractivity contribution in [1.82, 2.24) is 15.1 Å². The third kappa shape index (κ3) is 3.35. The van der Waals surface area contributed by atoms with Crippen molar-refractivity contribution in [3.63, 3.8) is 0 Å². The number of benzene rings is 1. The summed E-state index contributed by atoms with van der Waals surface area (Å²) >= 11 is 6.20. The predicted octanol–water partition coefficient (Wildman–Crippen LogP) is 2.51. The largest absolute Gasteiger partial charge is 0.341 e. The fraction of sp³-hybridized carbons (Fsp3) is 0.500. The number of hydrogen-bond acceptors (Lipinski definition) is 3. The number of carbonyl (C=O) groups excluding carboxylic acids is 3. The Bertz CT molecular complexity index is 701. The molecular formula is C18H22ClN3O3. The maximum atomic E-state index is 12.9. The fourth-order valence-electron chi connectivity index (χ4n) is 3.45. The first-order valence-corrected chi connectivity index (χ1v) is 8.98. The predicted molar refractivity (Wildman–Crippen MR) is 94.1 cm³/mol. The first-order chi connectivity index (χ1) is 11.9. The minimum Gasteiger partial charge on any atom is -0.341 e. The number of imide groups is 1. The zero-order valence-corrected chi connectivity index (χ0v) is 15.0. The maximum absolute atomic E-state index is 12.9. The minimum absolute atomic E-state index is 0.186. The van der Waals surface area contributed by atoms with Crippen molar-refractivity contribution in [3.05, 3.63) is 34.9 Å². The van der Waals surface area contributed by atoms with Crippen molar-refractivity contribution >= 4 is 29.4 Å². The second-order valence-corrected chi connectivity index (χ2v) is 7.13.